The fourth-order valence-electron chi connectivity index (χ4n) is 5.22. The molecule has 0 aliphatic heterocycles. The van der Waals surface area contributed by atoms with Crippen molar-refractivity contribution in [2.24, 2.45) is 5.92 Å². The molecule has 0 fully saturated rings. The van der Waals surface area contributed by atoms with E-state index in [9.17, 15) is 14.4 Å². The molecule has 0 N–H and O–H groups in total. The summed E-state index contributed by atoms with van der Waals surface area (Å²) >= 11 is 0. The number of ether oxygens (including phenoxy) is 3. The van der Waals surface area contributed by atoms with Crippen LogP contribution < -0.4 is 0 Å². The first-order valence-electron chi connectivity index (χ1n) is 19.2. The van der Waals surface area contributed by atoms with Crippen molar-refractivity contribution in [1.29, 1.82) is 0 Å². The van der Waals surface area contributed by atoms with Crippen molar-refractivity contribution in [3.8, 4) is 0 Å². The molecule has 1 atom stereocenters. The van der Waals surface area contributed by atoms with E-state index >= 15 is 0 Å². The Morgan fingerprint density at radius 1 is 0.640 bits per heavy atom. The first-order valence-corrected chi connectivity index (χ1v) is 19.2. The standard InChI is InChI=1S/C43H71NO6/c1-10-11-12-13-14-15-16-17-18-19-20-21-22-23-24-26-39(45)48-32-35(33-49-40(46)27-25-28-44(8)9)34-50-41(47)36-29-37(42(2,3)4)31-38(30-36)43(5,6)7/h14-15,17-18,29-31,35H,10-13,16,19-28,32-34H2,1-9H3/b15-14-,18-17-. The number of benzene rings is 1. The second-order valence-electron chi connectivity index (χ2n) is 16.0. The number of unbranched alkanes of at least 4 members (excludes halogenated alkanes) is 8. The number of carbonyl (C=O) groups excluding carboxylic acids is 3. The van der Waals surface area contributed by atoms with Crippen LogP contribution in [0, 0.1) is 5.92 Å². The van der Waals surface area contributed by atoms with Crippen molar-refractivity contribution in [3.05, 3.63) is 59.2 Å². The zero-order valence-corrected chi connectivity index (χ0v) is 33.2. The van der Waals surface area contributed by atoms with E-state index in [0.717, 1.165) is 62.6 Å². The Labute approximate surface area is 305 Å². The average molecular weight is 698 g/mol. The maximum Gasteiger partial charge on any atom is 0.338 e. The summed E-state index contributed by atoms with van der Waals surface area (Å²) in [6.07, 6.45) is 22.7. The van der Waals surface area contributed by atoms with Gasteiger partial charge in [0.2, 0.25) is 0 Å². The normalized spacial score (nSPS) is 12.9. The monoisotopic (exact) mass is 698 g/mol. The molecule has 0 amide bonds. The van der Waals surface area contributed by atoms with E-state index in [1.54, 1.807) is 0 Å². The summed E-state index contributed by atoms with van der Waals surface area (Å²) in [4.78, 5) is 40.3. The Balaban J connectivity index is 2.59. The Morgan fingerprint density at radius 3 is 1.64 bits per heavy atom. The molecule has 1 unspecified atom stereocenters. The van der Waals surface area contributed by atoms with Gasteiger partial charge in [-0.3, -0.25) is 9.59 Å². The molecule has 7 heteroatoms. The lowest BCUT2D eigenvalue weighted by Gasteiger charge is -2.26. The molecule has 0 radical (unpaired) electrons. The van der Waals surface area contributed by atoms with Crippen molar-refractivity contribution < 1.29 is 28.6 Å². The van der Waals surface area contributed by atoms with Gasteiger partial charge in [-0.25, -0.2) is 4.79 Å². The summed E-state index contributed by atoms with van der Waals surface area (Å²) in [5.41, 5.74) is 2.32. The van der Waals surface area contributed by atoms with Crippen LogP contribution in [0.4, 0.5) is 0 Å². The predicted octanol–water partition coefficient (Wildman–Crippen LogP) is 10.3. The Morgan fingerprint density at radius 2 is 1.12 bits per heavy atom. The molecule has 0 bridgehead atoms. The fraction of sp³-hybridized carbons (Fsp3) is 0.698. The minimum atomic E-state index is -0.460. The van der Waals surface area contributed by atoms with E-state index in [1.807, 2.05) is 31.1 Å². The van der Waals surface area contributed by atoms with Crippen LogP contribution in [0.15, 0.2) is 42.5 Å². The van der Waals surface area contributed by atoms with E-state index in [-0.39, 0.29) is 42.6 Å². The predicted molar refractivity (Wildman–Crippen MR) is 207 cm³/mol. The van der Waals surface area contributed by atoms with Crippen LogP contribution in [0.5, 0.6) is 0 Å². The smallest absolute Gasteiger partial charge is 0.338 e. The molecule has 0 aliphatic carbocycles. The molecule has 0 aromatic heterocycles. The molecule has 50 heavy (non-hydrogen) atoms. The first-order chi connectivity index (χ1) is 23.6. The molecular formula is C43H71NO6. The quantitative estimate of drug-likeness (QED) is 0.0435. The Kier molecular flexibility index (Phi) is 22.6. The molecular weight excluding hydrogens is 626 g/mol. The zero-order chi connectivity index (χ0) is 37.4. The van der Waals surface area contributed by atoms with Crippen LogP contribution in [-0.4, -0.2) is 63.3 Å². The minimum absolute atomic E-state index is 0.0142. The van der Waals surface area contributed by atoms with Gasteiger partial charge in [0, 0.05) is 12.8 Å². The van der Waals surface area contributed by atoms with Crippen LogP contribution >= 0.6 is 0 Å². The molecule has 0 saturated carbocycles. The topological polar surface area (TPSA) is 82.1 Å². The summed E-state index contributed by atoms with van der Waals surface area (Å²) in [6.45, 7) is 15.8. The van der Waals surface area contributed by atoms with Gasteiger partial charge in [0.05, 0.1) is 11.5 Å². The van der Waals surface area contributed by atoms with Gasteiger partial charge in [-0.15, -0.1) is 0 Å². The molecule has 0 heterocycles. The zero-order valence-electron chi connectivity index (χ0n) is 33.2. The lowest BCUT2D eigenvalue weighted by atomic mass is 9.79. The summed E-state index contributed by atoms with van der Waals surface area (Å²) in [5, 5.41) is 0. The summed E-state index contributed by atoms with van der Waals surface area (Å²) in [7, 11) is 3.92. The SMILES string of the molecule is CCCCC/C=C\C/C=C\CCCCCCCC(=O)OCC(COC(=O)CCCN(C)C)COC(=O)c1cc(C(C)(C)C)cc(C(C)(C)C)c1. The second kappa shape index (κ2) is 25.1. The third-order valence-electron chi connectivity index (χ3n) is 8.63. The van der Waals surface area contributed by atoms with Crippen molar-refractivity contribution in [3.63, 3.8) is 0 Å². The highest BCUT2D eigenvalue weighted by molar-refractivity contribution is 5.90. The molecule has 1 rings (SSSR count). The van der Waals surface area contributed by atoms with E-state index in [4.69, 9.17) is 14.2 Å². The van der Waals surface area contributed by atoms with E-state index in [2.05, 4.69) is 78.8 Å². The number of rotatable bonds is 25. The van der Waals surface area contributed by atoms with Gasteiger partial charge in [0.1, 0.15) is 19.8 Å². The van der Waals surface area contributed by atoms with Crippen LogP contribution in [0.2, 0.25) is 0 Å². The summed E-state index contributed by atoms with van der Waals surface area (Å²) < 4.78 is 16.9. The maximum atomic E-state index is 13.3. The van der Waals surface area contributed by atoms with Gasteiger partial charge in [0.15, 0.2) is 0 Å². The lowest BCUT2D eigenvalue weighted by Crippen LogP contribution is -2.27. The average Bonchev–Trinajstić information content (AvgIpc) is 3.04. The third-order valence-corrected chi connectivity index (χ3v) is 8.63. The van der Waals surface area contributed by atoms with Gasteiger partial charge in [-0.1, -0.05) is 111 Å². The van der Waals surface area contributed by atoms with E-state index in [1.165, 1.54) is 25.7 Å². The van der Waals surface area contributed by atoms with Gasteiger partial charge < -0.3 is 19.1 Å². The maximum absolute atomic E-state index is 13.3. The molecule has 0 aliphatic rings. The second-order valence-corrected chi connectivity index (χ2v) is 16.0. The van der Waals surface area contributed by atoms with Crippen LogP contribution in [-0.2, 0) is 34.6 Å². The molecule has 7 nitrogen and oxygen atoms in total. The van der Waals surface area contributed by atoms with Gasteiger partial charge in [-0.2, -0.15) is 0 Å². The lowest BCUT2D eigenvalue weighted by molar-refractivity contribution is -0.150. The molecule has 0 spiro atoms. The number of hydrogen-bond donors (Lipinski definition) is 0. The third kappa shape index (κ3) is 22.0. The Hall–Kier alpha value is -2.93. The van der Waals surface area contributed by atoms with Crippen LogP contribution in [0.1, 0.15) is 160 Å². The molecule has 1 aromatic rings. The minimum Gasteiger partial charge on any atom is -0.465 e. The van der Waals surface area contributed by atoms with Crippen LogP contribution in [0.3, 0.4) is 0 Å². The van der Waals surface area contributed by atoms with Crippen molar-refractivity contribution >= 4 is 17.9 Å². The first kappa shape index (κ1) is 45.1. The highest BCUT2D eigenvalue weighted by Crippen LogP contribution is 2.30. The van der Waals surface area contributed by atoms with Gasteiger partial charge >= 0.3 is 17.9 Å². The largest absolute Gasteiger partial charge is 0.465 e. The number of hydrogen-bond acceptors (Lipinski definition) is 7. The van der Waals surface area contributed by atoms with E-state index in [0.29, 0.717) is 24.8 Å². The molecule has 0 saturated heterocycles. The number of carbonyl (C=O) groups is 3. The van der Waals surface area contributed by atoms with E-state index < -0.39 is 11.9 Å². The summed E-state index contributed by atoms with van der Waals surface area (Å²) in [6, 6.07) is 5.94. The number of nitrogens with zero attached hydrogens (tertiary/aromatic N) is 1. The highest BCUT2D eigenvalue weighted by Gasteiger charge is 2.24. The highest BCUT2D eigenvalue weighted by atomic mass is 16.6. The van der Waals surface area contributed by atoms with Gasteiger partial charge in [-0.05, 0) is 99.7 Å². The van der Waals surface area contributed by atoms with Crippen molar-refractivity contribution in [2.75, 3.05) is 40.5 Å². The Bertz CT molecular complexity index is 1140. The summed E-state index contributed by atoms with van der Waals surface area (Å²) in [5.74, 6) is -1.50. The van der Waals surface area contributed by atoms with Crippen molar-refractivity contribution in [1.82, 2.24) is 4.90 Å². The number of allylic oxidation sites excluding steroid dienone is 4. The fourth-order valence-corrected chi connectivity index (χ4v) is 5.22. The molecule has 1 aromatic carbocycles. The molecule has 284 valence electrons. The van der Waals surface area contributed by atoms with Crippen LogP contribution in [0.25, 0.3) is 0 Å². The van der Waals surface area contributed by atoms with Crippen molar-refractivity contribution in [2.45, 2.75) is 149 Å². The number of esters is 3. The van der Waals surface area contributed by atoms with Gasteiger partial charge in [0.25, 0.3) is 0 Å².